The Bertz CT molecular complexity index is 846. The van der Waals surface area contributed by atoms with Gasteiger partial charge in [0.25, 0.3) is 0 Å². The van der Waals surface area contributed by atoms with Crippen LogP contribution in [0.2, 0.25) is 0 Å². The molecule has 3 aromatic rings. The van der Waals surface area contributed by atoms with Gasteiger partial charge in [-0.3, -0.25) is 9.36 Å². The molecule has 6 nitrogen and oxygen atoms in total. The average molecular weight is 340 g/mol. The normalized spacial score (nSPS) is 10.6. The second-order valence-electron chi connectivity index (χ2n) is 5.73. The third-order valence-electron chi connectivity index (χ3n) is 3.83. The molecule has 0 aliphatic heterocycles. The lowest BCUT2D eigenvalue weighted by Crippen LogP contribution is -2.20. The maximum Gasteiger partial charge on any atom is 0.176 e. The largest absolute Gasteiger partial charge is 0.330 e. The van der Waals surface area contributed by atoms with Gasteiger partial charge in [0.15, 0.2) is 10.9 Å². The van der Waals surface area contributed by atoms with Gasteiger partial charge >= 0.3 is 0 Å². The Labute approximate surface area is 146 Å². The molecule has 124 valence electrons. The van der Waals surface area contributed by atoms with E-state index in [9.17, 15) is 0 Å². The second-order valence-corrected chi connectivity index (χ2v) is 6.14. The van der Waals surface area contributed by atoms with Gasteiger partial charge in [0.05, 0.1) is 24.1 Å². The number of nitrogens with one attached hydrogen (secondary N) is 2. The lowest BCUT2D eigenvalue weighted by molar-refractivity contribution is 0.690. The molecule has 0 saturated heterocycles. The van der Waals surface area contributed by atoms with Gasteiger partial charge in [-0.2, -0.15) is 10.2 Å². The number of aryl methyl sites for hydroxylation is 2. The van der Waals surface area contributed by atoms with E-state index in [-0.39, 0.29) is 0 Å². The van der Waals surface area contributed by atoms with Crippen LogP contribution >= 0.6 is 12.2 Å². The number of hydrogen-bond acceptors (Lipinski definition) is 3. The molecule has 0 fully saturated rings. The summed E-state index contributed by atoms with van der Waals surface area (Å²) in [6, 6.07) is 10.3. The topological polar surface area (TPSA) is 59.7 Å². The van der Waals surface area contributed by atoms with Crippen molar-refractivity contribution >= 4 is 28.8 Å². The summed E-state index contributed by atoms with van der Waals surface area (Å²) < 4.78 is 3.67. The van der Waals surface area contributed by atoms with Crippen LogP contribution in [-0.2, 0) is 13.6 Å². The molecule has 3 rings (SSSR count). The zero-order valence-electron chi connectivity index (χ0n) is 13.9. The van der Waals surface area contributed by atoms with Gasteiger partial charge in [0, 0.05) is 19.3 Å². The number of benzene rings is 1. The predicted octanol–water partition coefficient (Wildman–Crippen LogP) is 3.09. The van der Waals surface area contributed by atoms with E-state index in [1.165, 1.54) is 11.1 Å². The van der Waals surface area contributed by atoms with Gasteiger partial charge in [0.2, 0.25) is 0 Å². The van der Waals surface area contributed by atoms with Crippen LogP contribution in [-0.4, -0.2) is 24.7 Å². The molecule has 0 bridgehead atoms. The fourth-order valence-corrected chi connectivity index (χ4v) is 2.50. The number of aromatic nitrogens is 4. The third-order valence-corrected chi connectivity index (χ3v) is 4.03. The maximum atomic E-state index is 5.33. The fraction of sp³-hybridized carbons (Fsp3) is 0.235. The summed E-state index contributed by atoms with van der Waals surface area (Å²) in [4.78, 5) is 0. The van der Waals surface area contributed by atoms with Crippen molar-refractivity contribution in [1.82, 2.24) is 19.6 Å². The highest BCUT2D eigenvalue weighted by atomic mass is 32.1. The van der Waals surface area contributed by atoms with Crippen LogP contribution in [0, 0.1) is 13.8 Å². The van der Waals surface area contributed by atoms with E-state index in [0.29, 0.717) is 10.9 Å². The first-order valence-electron chi connectivity index (χ1n) is 7.67. The highest BCUT2D eigenvalue weighted by molar-refractivity contribution is 7.80. The maximum absolute atomic E-state index is 5.33. The van der Waals surface area contributed by atoms with Crippen molar-refractivity contribution < 1.29 is 0 Å². The molecule has 0 aliphatic rings. The zero-order chi connectivity index (χ0) is 17.1. The summed E-state index contributed by atoms with van der Waals surface area (Å²) in [5.74, 6) is 0.709. The van der Waals surface area contributed by atoms with Crippen molar-refractivity contribution in [2.45, 2.75) is 20.4 Å². The Hall–Kier alpha value is -2.67. The Morgan fingerprint density at radius 2 is 1.88 bits per heavy atom. The fourth-order valence-electron chi connectivity index (χ4n) is 2.29. The summed E-state index contributed by atoms with van der Waals surface area (Å²) in [7, 11) is 1.89. The smallest absolute Gasteiger partial charge is 0.176 e. The number of rotatable bonds is 4. The third kappa shape index (κ3) is 3.80. The van der Waals surface area contributed by atoms with Gasteiger partial charge in [-0.05, 0) is 31.6 Å². The zero-order valence-corrected chi connectivity index (χ0v) is 14.8. The molecule has 0 saturated carbocycles. The summed E-state index contributed by atoms with van der Waals surface area (Å²) >= 11 is 5.33. The average Bonchev–Trinajstić information content (AvgIpc) is 3.11. The first-order valence-corrected chi connectivity index (χ1v) is 8.08. The first kappa shape index (κ1) is 16.2. The lowest BCUT2D eigenvalue weighted by Gasteiger charge is -2.08. The summed E-state index contributed by atoms with van der Waals surface area (Å²) in [5.41, 5.74) is 4.36. The van der Waals surface area contributed by atoms with E-state index < -0.39 is 0 Å². The Balaban J connectivity index is 1.60. The Kier molecular flexibility index (Phi) is 4.61. The number of hydrogen-bond donors (Lipinski definition) is 2. The van der Waals surface area contributed by atoms with Crippen molar-refractivity contribution in [2.75, 3.05) is 10.6 Å². The van der Waals surface area contributed by atoms with Crippen LogP contribution in [0.5, 0.6) is 0 Å². The summed E-state index contributed by atoms with van der Waals surface area (Å²) in [6.07, 6.45) is 3.68. The number of nitrogens with zero attached hydrogens (tertiary/aromatic N) is 4. The molecule has 2 heterocycles. The molecule has 24 heavy (non-hydrogen) atoms. The van der Waals surface area contributed by atoms with Crippen LogP contribution in [0.4, 0.5) is 11.5 Å². The predicted molar refractivity (Wildman–Crippen MR) is 100 cm³/mol. The van der Waals surface area contributed by atoms with Gasteiger partial charge in [0.1, 0.15) is 0 Å². The quantitative estimate of drug-likeness (QED) is 0.715. The minimum absolute atomic E-state index is 0.492. The molecule has 0 aliphatic carbocycles. The van der Waals surface area contributed by atoms with Crippen molar-refractivity contribution in [1.29, 1.82) is 0 Å². The first-order chi connectivity index (χ1) is 11.5. The van der Waals surface area contributed by atoms with E-state index >= 15 is 0 Å². The van der Waals surface area contributed by atoms with E-state index in [4.69, 9.17) is 12.2 Å². The number of anilines is 2. The SMILES string of the molecule is Cc1ccc(Cn2ccc(NC(=S)Nc3cnn(C)c3C)n2)cc1. The summed E-state index contributed by atoms with van der Waals surface area (Å²) in [6.45, 7) is 4.79. The monoisotopic (exact) mass is 340 g/mol. The number of thiocarbonyl (C=S) groups is 1. The van der Waals surface area contributed by atoms with E-state index in [0.717, 1.165) is 17.9 Å². The van der Waals surface area contributed by atoms with E-state index in [2.05, 4.69) is 52.0 Å². The van der Waals surface area contributed by atoms with E-state index in [1.54, 1.807) is 10.9 Å². The van der Waals surface area contributed by atoms with Gasteiger partial charge < -0.3 is 10.6 Å². The van der Waals surface area contributed by atoms with Crippen LogP contribution in [0.1, 0.15) is 16.8 Å². The van der Waals surface area contributed by atoms with Crippen molar-refractivity contribution in [3.63, 3.8) is 0 Å². The highest BCUT2D eigenvalue weighted by Gasteiger charge is 2.07. The van der Waals surface area contributed by atoms with Crippen LogP contribution in [0.15, 0.2) is 42.7 Å². The van der Waals surface area contributed by atoms with Crippen LogP contribution in [0.3, 0.4) is 0 Å². The van der Waals surface area contributed by atoms with Crippen LogP contribution in [0.25, 0.3) is 0 Å². The molecule has 7 heteroatoms. The van der Waals surface area contributed by atoms with Gasteiger partial charge in [-0.1, -0.05) is 29.8 Å². The molecule has 2 N–H and O–H groups in total. The molecule has 0 radical (unpaired) electrons. The molecule has 2 aromatic heterocycles. The molecule has 1 aromatic carbocycles. The molecular weight excluding hydrogens is 320 g/mol. The Morgan fingerprint density at radius 1 is 1.12 bits per heavy atom. The molecule has 0 atom stereocenters. The molecule has 0 amide bonds. The van der Waals surface area contributed by atoms with Crippen LogP contribution < -0.4 is 10.6 Å². The van der Waals surface area contributed by atoms with Gasteiger partial charge in [-0.15, -0.1) is 0 Å². The van der Waals surface area contributed by atoms with Gasteiger partial charge in [-0.25, -0.2) is 0 Å². The molecule has 0 unspecified atom stereocenters. The minimum Gasteiger partial charge on any atom is -0.330 e. The van der Waals surface area contributed by atoms with Crippen molar-refractivity contribution in [3.05, 3.63) is 59.5 Å². The molecule has 0 spiro atoms. The standard InChI is InChI=1S/C17H20N6S/c1-12-4-6-14(7-5-12)11-23-9-8-16(21-23)20-17(24)19-15-10-18-22(3)13(15)2/h4-10H,11H2,1-3H3,(H2,19,20,21,24). The second kappa shape index (κ2) is 6.84. The van der Waals surface area contributed by atoms with Crippen molar-refractivity contribution in [3.8, 4) is 0 Å². The van der Waals surface area contributed by atoms with Crippen molar-refractivity contribution in [2.24, 2.45) is 7.05 Å². The summed E-state index contributed by atoms with van der Waals surface area (Å²) in [5, 5.41) is 15.4. The lowest BCUT2D eigenvalue weighted by atomic mass is 10.1. The van der Waals surface area contributed by atoms with E-state index in [1.807, 2.05) is 30.9 Å². The molecular formula is C17H20N6S. The highest BCUT2D eigenvalue weighted by Crippen LogP contribution is 2.13. The Morgan fingerprint density at radius 3 is 2.54 bits per heavy atom. The minimum atomic E-state index is 0.492.